The van der Waals surface area contributed by atoms with Crippen LogP contribution in [0.15, 0.2) is 76.2 Å². The van der Waals surface area contributed by atoms with Crippen LogP contribution in [0.3, 0.4) is 0 Å². The van der Waals surface area contributed by atoms with Crippen molar-refractivity contribution in [2.45, 2.75) is 17.6 Å². The van der Waals surface area contributed by atoms with E-state index in [1.54, 1.807) is 12.1 Å². The van der Waals surface area contributed by atoms with Gasteiger partial charge in [0, 0.05) is 11.4 Å². The third kappa shape index (κ3) is 7.08. The topological polar surface area (TPSA) is 130 Å². The smallest absolute Gasteiger partial charge is 0.416 e. The first kappa shape index (κ1) is 24.8. The van der Waals surface area contributed by atoms with Crippen molar-refractivity contribution in [3.8, 4) is 0 Å². The molecule has 1 aromatic heterocycles. The van der Waals surface area contributed by atoms with Gasteiger partial charge in [-0.3, -0.25) is 4.79 Å². The predicted molar refractivity (Wildman–Crippen MR) is 116 cm³/mol. The maximum Gasteiger partial charge on any atom is 0.416 e. The average molecular weight is 496 g/mol. The highest BCUT2D eigenvalue weighted by atomic mass is 32.2. The normalized spacial score (nSPS) is 11.6. The Bertz CT molecular complexity index is 1240. The van der Waals surface area contributed by atoms with Gasteiger partial charge < -0.3 is 20.4 Å². The second kappa shape index (κ2) is 10.4. The molecule has 0 spiro atoms. The Labute approximate surface area is 192 Å². The minimum atomic E-state index is -4.70. The van der Waals surface area contributed by atoms with E-state index in [1.807, 2.05) is 4.72 Å². The summed E-state index contributed by atoms with van der Waals surface area (Å²) in [5.74, 6) is -0.163. The lowest BCUT2D eigenvalue weighted by atomic mass is 10.2. The quantitative estimate of drug-likeness (QED) is 0.379. The van der Waals surface area contributed by atoms with Crippen molar-refractivity contribution >= 4 is 33.3 Å². The molecule has 0 unspecified atom stereocenters. The van der Waals surface area contributed by atoms with E-state index in [0.29, 0.717) is 23.2 Å². The summed E-state index contributed by atoms with van der Waals surface area (Å²) in [7, 11) is -4.34. The van der Waals surface area contributed by atoms with Crippen LogP contribution in [0.5, 0.6) is 0 Å². The summed E-state index contributed by atoms with van der Waals surface area (Å²) in [6, 6.07) is 12.1. The van der Waals surface area contributed by atoms with Crippen molar-refractivity contribution in [2.75, 3.05) is 17.2 Å². The Morgan fingerprint density at radius 2 is 1.59 bits per heavy atom. The molecule has 0 aliphatic rings. The highest BCUT2D eigenvalue weighted by molar-refractivity contribution is 7.89. The third-order valence-corrected chi connectivity index (χ3v) is 5.72. The van der Waals surface area contributed by atoms with Gasteiger partial charge in [0.2, 0.25) is 15.9 Å². The first-order valence-electron chi connectivity index (χ1n) is 9.67. The molecule has 0 saturated heterocycles. The number of hydrogen-bond acceptors (Lipinski definition) is 5. The van der Waals surface area contributed by atoms with Crippen molar-refractivity contribution in [1.82, 2.24) is 10.0 Å². The maximum atomic E-state index is 12.8. The summed E-state index contributed by atoms with van der Waals surface area (Å²) in [6.45, 7) is -0.503. The molecular formula is C21H19F3N4O5S. The lowest BCUT2D eigenvalue weighted by Crippen LogP contribution is -2.33. The number of amides is 3. The summed E-state index contributed by atoms with van der Waals surface area (Å²) in [5, 5.41) is 7.62. The number of carbonyl (C=O) groups is 2. The van der Waals surface area contributed by atoms with Gasteiger partial charge in [-0.1, -0.05) is 6.07 Å². The molecule has 3 amide bonds. The molecule has 3 rings (SSSR count). The van der Waals surface area contributed by atoms with Gasteiger partial charge in [0.25, 0.3) is 0 Å². The molecule has 0 aliphatic carbocycles. The number of hydrogen-bond donors (Lipinski definition) is 4. The van der Waals surface area contributed by atoms with Crippen LogP contribution in [0.4, 0.5) is 29.3 Å². The Hall–Kier alpha value is -3.84. The van der Waals surface area contributed by atoms with Gasteiger partial charge in [0.15, 0.2) is 0 Å². The lowest BCUT2D eigenvalue weighted by molar-refractivity contribution is -0.137. The zero-order valence-electron chi connectivity index (χ0n) is 17.3. The second-order valence-corrected chi connectivity index (χ2v) is 8.63. The largest absolute Gasteiger partial charge is 0.467 e. The third-order valence-electron chi connectivity index (χ3n) is 4.32. The van der Waals surface area contributed by atoms with E-state index in [-0.39, 0.29) is 6.54 Å². The molecule has 0 radical (unpaired) electrons. The van der Waals surface area contributed by atoms with Crippen LogP contribution in [-0.2, 0) is 27.5 Å². The van der Waals surface area contributed by atoms with E-state index in [0.717, 1.165) is 18.2 Å². The average Bonchev–Trinajstić information content (AvgIpc) is 3.31. The first-order chi connectivity index (χ1) is 16.0. The van der Waals surface area contributed by atoms with Crippen molar-refractivity contribution in [3.05, 3.63) is 78.3 Å². The lowest BCUT2D eigenvalue weighted by Gasteiger charge is -2.11. The second-order valence-electron chi connectivity index (χ2n) is 6.86. The highest BCUT2D eigenvalue weighted by Gasteiger charge is 2.31. The fourth-order valence-corrected chi connectivity index (χ4v) is 3.71. The van der Waals surface area contributed by atoms with E-state index in [4.69, 9.17) is 4.42 Å². The molecule has 0 bridgehead atoms. The maximum absolute atomic E-state index is 12.8. The highest BCUT2D eigenvalue weighted by Crippen LogP contribution is 2.30. The van der Waals surface area contributed by atoms with E-state index in [2.05, 4.69) is 16.0 Å². The first-order valence-corrected chi connectivity index (χ1v) is 11.2. The van der Waals surface area contributed by atoms with Crippen LogP contribution in [-0.4, -0.2) is 26.9 Å². The molecule has 0 fully saturated rings. The molecule has 0 aliphatic heterocycles. The van der Waals surface area contributed by atoms with Gasteiger partial charge in [0.1, 0.15) is 5.76 Å². The van der Waals surface area contributed by atoms with Gasteiger partial charge in [0.05, 0.1) is 29.8 Å². The fourth-order valence-electron chi connectivity index (χ4n) is 2.68. The Morgan fingerprint density at radius 3 is 2.21 bits per heavy atom. The summed E-state index contributed by atoms with van der Waals surface area (Å²) < 4.78 is 69.9. The van der Waals surface area contributed by atoms with Gasteiger partial charge in [-0.15, -0.1) is 0 Å². The zero-order chi connectivity index (χ0) is 24.8. The van der Waals surface area contributed by atoms with Crippen molar-refractivity contribution < 1.29 is 35.6 Å². The van der Waals surface area contributed by atoms with Gasteiger partial charge >= 0.3 is 12.2 Å². The van der Waals surface area contributed by atoms with E-state index >= 15 is 0 Å². The molecule has 4 N–H and O–H groups in total. The summed E-state index contributed by atoms with van der Waals surface area (Å²) in [5.41, 5.74) is -0.381. The van der Waals surface area contributed by atoms with Gasteiger partial charge in [-0.05, 0) is 54.6 Å². The van der Waals surface area contributed by atoms with Crippen LogP contribution in [0.25, 0.3) is 0 Å². The number of benzene rings is 2. The van der Waals surface area contributed by atoms with E-state index < -0.39 is 45.1 Å². The summed E-state index contributed by atoms with van der Waals surface area (Å²) >= 11 is 0. The summed E-state index contributed by atoms with van der Waals surface area (Å²) in [4.78, 5) is 23.3. The Kier molecular flexibility index (Phi) is 7.58. The number of furan rings is 1. The number of sulfonamides is 1. The molecule has 13 heteroatoms. The predicted octanol–water partition coefficient (Wildman–Crippen LogP) is 3.54. The molecule has 34 heavy (non-hydrogen) atoms. The van der Waals surface area contributed by atoms with Crippen LogP contribution in [0.2, 0.25) is 0 Å². The number of alkyl halides is 3. The number of anilines is 2. The summed E-state index contributed by atoms with van der Waals surface area (Å²) in [6.07, 6.45) is -3.22. The SMILES string of the molecule is O=C(CNS(=O)(=O)c1cccc(C(F)(F)F)c1)Nc1ccc(NC(=O)NCc2ccco2)cc1. The molecule has 2 aromatic carbocycles. The fraction of sp³-hybridized carbons (Fsp3) is 0.143. The van der Waals surface area contributed by atoms with Crippen LogP contribution in [0.1, 0.15) is 11.3 Å². The van der Waals surface area contributed by atoms with Gasteiger partial charge in [-0.2, -0.15) is 13.2 Å². The van der Waals surface area contributed by atoms with Crippen LogP contribution >= 0.6 is 0 Å². The molecule has 3 aromatic rings. The van der Waals surface area contributed by atoms with E-state index in [9.17, 15) is 31.2 Å². The van der Waals surface area contributed by atoms with Gasteiger partial charge in [-0.25, -0.2) is 17.9 Å². The zero-order valence-corrected chi connectivity index (χ0v) is 18.2. The number of rotatable bonds is 8. The van der Waals surface area contributed by atoms with Crippen LogP contribution in [0, 0.1) is 0 Å². The number of nitrogens with one attached hydrogen (secondary N) is 4. The number of urea groups is 1. The minimum absolute atomic E-state index is 0.198. The Morgan fingerprint density at radius 1 is 0.912 bits per heavy atom. The molecule has 0 atom stereocenters. The number of halogens is 3. The van der Waals surface area contributed by atoms with Crippen molar-refractivity contribution in [3.63, 3.8) is 0 Å². The van der Waals surface area contributed by atoms with Crippen molar-refractivity contribution in [2.24, 2.45) is 0 Å². The molecule has 0 saturated carbocycles. The molecule has 9 nitrogen and oxygen atoms in total. The standard InChI is InChI=1S/C21H19F3N4O5S/c22-21(23,24)14-3-1-5-18(11-14)34(31,32)26-13-19(29)27-15-6-8-16(9-7-15)28-20(30)25-12-17-4-2-10-33-17/h1-11,26H,12-13H2,(H,27,29)(H2,25,28,30). The molecule has 1 heterocycles. The minimum Gasteiger partial charge on any atom is -0.467 e. The monoisotopic (exact) mass is 496 g/mol. The number of carbonyl (C=O) groups excluding carboxylic acids is 2. The van der Waals surface area contributed by atoms with Crippen LogP contribution < -0.4 is 20.7 Å². The Balaban J connectivity index is 1.49. The van der Waals surface area contributed by atoms with Crippen molar-refractivity contribution in [1.29, 1.82) is 0 Å². The molecular weight excluding hydrogens is 477 g/mol. The van der Waals surface area contributed by atoms with E-state index in [1.165, 1.54) is 30.5 Å². The molecule has 180 valence electrons.